The summed E-state index contributed by atoms with van der Waals surface area (Å²) in [6, 6.07) is 13.4. The number of anilines is 1. The maximum absolute atomic E-state index is 9.88. The minimum absolute atomic E-state index is 0.482. The molecule has 4 rings (SSSR count). The third kappa shape index (κ3) is 3.11. The second-order valence-electron chi connectivity index (χ2n) is 6.57. The summed E-state index contributed by atoms with van der Waals surface area (Å²) in [5.41, 5.74) is 8.78. The van der Waals surface area contributed by atoms with Crippen molar-refractivity contribution in [3.8, 4) is 16.9 Å². The van der Waals surface area contributed by atoms with Gasteiger partial charge in [-0.3, -0.25) is 0 Å². The highest BCUT2D eigenvalue weighted by Gasteiger charge is 2.43. The van der Waals surface area contributed by atoms with Crippen LogP contribution < -0.4 is 10.5 Å². The number of aliphatic hydroxyl groups excluding tert-OH is 3. The first-order chi connectivity index (χ1) is 13.0. The maximum Gasteiger partial charge on any atom is 0.231 e. The molecule has 140 valence electrons. The number of ether oxygens (including phenoxy) is 2. The zero-order chi connectivity index (χ0) is 19.1. The van der Waals surface area contributed by atoms with Gasteiger partial charge in [0, 0.05) is 11.6 Å². The Bertz CT molecular complexity index is 993. The van der Waals surface area contributed by atoms with Gasteiger partial charge in [0.15, 0.2) is 6.29 Å². The lowest BCUT2D eigenvalue weighted by atomic mass is 9.97. The van der Waals surface area contributed by atoms with Crippen molar-refractivity contribution in [2.24, 2.45) is 0 Å². The van der Waals surface area contributed by atoms with E-state index >= 15 is 0 Å². The molecule has 4 unspecified atom stereocenters. The van der Waals surface area contributed by atoms with Crippen molar-refractivity contribution in [1.29, 1.82) is 0 Å². The van der Waals surface area contributed by atoms with E-state index in [9.17, 15) is 15.3 Å². The number of aromatic nitrogens is 1. The molecule has 1 aromatic heterocycles. The number of benzene rings is 2. The molecule has 5 N–H and O–H groups in total. The molecule has 1 fully saturated rings. The van der Waals surface area contributed by atoms with Crippen LogP contribution in [-0.2, 0) is 4.74 Å². The van der Waals surface area contributed by atoms with Gasteiger partial charge < -0.3 is 30.5 Å². The monoisotopic (exact) mass is 368 g/mol. The van der Waals surface area contributed by atoms with Crippen LogP contribution in [-0.4, -0.2) is 45.1 Å². The molecule has 7 nitrogen and oxygen atoms in total. The SMILES string of the molecule is Cc1cc(-c2cccc3c(N)nccc23)ccc1OC1OC(O)C(O)C1O. The summed E-state index contributed by atoms with van der Waals surface area (Å²) in [6.07, 6.45) is -3.65. The van der Waals surface area contributed by atoms with Gasteiger partial charge in [-0.05, 0) is 47.2 Å². The molecule has 0 aliphatic carbocycles. The van der Waals surface area contributed by atoms with E-state index < -0.39 is 24.8 Å². The number of nitrogens with two attached hydrogens (primary N) is 1. The molecule has 0 amide bonds. The highest BCUT2D eigenvalue weighted by molar-refractivity contribution is 6.01. The molecule has 7 heteroatoms. The zero-order valence-corrected chi connectivity index (χ0v) is 14.6. The summed E-state index contributed by atoms with van der Waals surface area (Å²) in [5, 5.41) is 30.8. The van der Waals surface area contributed by atoms with Gasteiger partial charge in [-0.1, -0.05) is 24.3 Å². The zero-order valence-electron chi connectivity index (χ0n) is 14.6. The molecule has 0 saturated carbocycles. The molecule has 2 aromatic carbocycles. The Morgan fingerprint density at radius 1 is 1.04 bits per heavy atom. The summed E-state index contributed by atoms with van der Waals surface area (Å²) in [6.45, 7) is 1.87. The van der Waals surface area contributed by atoms with Gasteiger partial charge >= 0.3 is 0 Å². The topological polar surface area (TPSA) is 118 Å². The molecular formula is C20H20N2O5. The maximum atomic E-state index is 9.88. The van der Waals surface area contributed by atoms with E-state index in [1.807, 2.05) is 43.3 Å². The van der Waals surface area contributed by atoms with Crippen LogP contribution in [0.5, 0.6) is 5.75 Å². The second-order valence-corrected chi connectivity index (χ2v) is 6.57. The van der Waals surface area contributed by atoms with Crippen molar-refractivity contribution in [2.75, 3.05) is 5.73 Å². The highest BCUT2D eigenvalue weighted by atomic mass is 16.8. The fraction of sp³-hybridized carbons (Fsp3) is 0.250. The molecule has 3 aromatic rings. The van der Waals surface area contributed by atoms with Crippen molar-refractivity contribution in [1.82, 2.24) is 4.98 Å². The molecule has 1 saturated heterocycles. The average molecular weight is 368 g/mol. The Labute approximate surface area is 155 Å². The van der Waals surface area contributed by atoms with Gasteiger partial charge in [0.25, 0.3) is 0 Å². The van der Waals surface area contributed by atoms with Crippen molar-refractivity contribution in [3.05, 3.63) is 54.2 Å². The van der Waals surface area contributed by atoms with Crippen LogP contribution in [0.4, 0.5) is 5.82 Å². The first-order valence-electron chi connectivity index (χ1n) is 8.56. The van der Waals surface area contributed by atoms with Crippen LogP contribution in [0.15, 0.2) is 48.7 Å². The van der Waals surface area contributed by atoms with E-state index in [0.29, 0.717) is 11.6 Å². The minimum Gasteiger partial charge on any atom is -0.462 e. The second kappa shape index (κ2) is 6.79. The Balaban J connectivity index is 1.66. The van der Waals surface area contributed by atoms with Gasteiger partial charge in [-0.2, -0.15) is 0 Å². The first-order valence-corrected chi connectivity index (χ1v) is 8.56. The summed E-state index contributed by atoms with van der Waals surface area (Å²) >= 11 is 0. The van der Waals surface area contributed by atoms with E-state index in [4.69, 9.17) is 15.2 Å². The smallest absolute Gasteiger partial charge is 0.231 e. The molecule has 4 atom stereocenters. The lowest BCUT2D eigenvalue weighted by Gasteiger charge is -2.18. The summed E-state index contributed by atoms with van der Waals surface area (Å²) in [4.78, 5) is 4.13. The van der Waals surface area contributed by atoms with Crippen LogP contribution in [0.2, 0.25) is 0 Å². The van der Waals surface area contributed by atoms with Gasteiger partial charge in [-0.15, -0.1) is 0 Å². The van der Waals surface area contributed by atoms with E-state index in [2.05, 4.69) is 4.98 Å². The normalized spacial score (nSPS) is 25.0. The number of aliphatic hydroxyl groups is 3. The van der Waals surface area contributed by atoms with Crippen molar-refractivity contribution < 1.29 is 24.8 Å². The fourth-order valence-corrected chi connectivity index (χ4v) is 3.28. The lowest BCUT2D eigenvalue weighted by molar-refractivity contribution is -0.171. The molecule has 1 aliphatic rings. The molecule has 2 heterocycles. The van der Waals surface area contributed by atoms with Gasteiger partial charge in [-0.25, -0.2) is 4.98 Å². The van der Waals surface area contributed by atoms with Crippen molar-refractivity contribution in [3.63, 3.8) is 0 Å². The summed E-state index contributed by atoms with van der Waals surface area (Å²) in [7, 11) is 0. The van der Waals surface area contributed by atoms with Crippen molar-refractivity contribution >= 4 is 16.6 Å². The number of rotatable bonds is 3. The number of aryl methyl sites for hydroxylation is 1. The summed E-state index contributed by atoms with van der Waals surface area (Å²) < 4.78 is 10.7. The molecule has 27 heavy (non-hydrogen) atoms. The minimum atomic E-state index is -1.47. The standard InChI is InChI=1S/C20H20N2O5/c1-10-9-11(12-3-2-4-14-13(12)7-8-22-18(14)21)5-6-15(10)26-20-17(24)16(23)19(25)27-20/h2-9,16-17,19-20,23-25H,1H3,(H2,21,22). The Morgan fingerprint density at radius 2 is 1.85 bits per heavy atom. The molecule has 1 aliphatic heterocycles. The van der Waals surface area contributed by atoms with Crippen molar-refractivity contribution in [2.45, 2.75) is 31.7 Å². The van der Waals surface area contributed by atoms with E-state index in [-0.39, 0.29) is 0 Å². The van der Waals surface area contributed by atoms with Crippen LogP contribution >= 0.6 is 0 Å². The van der Waals surface area contributed by atoms with E-state index in [1.165, 1.54) is 0 Å². The third-order valence-corrected chi connectivity index (χ3v) is 4.76. The number of nitrogen functional groups attached to an aromatic ring is 1. The van der Waals surface area contributed by atoms with Crippen LogP contribution in [0, 0.1) is 6.92 Å². The molecule has 0 bridgehead atoms. The Morgan fingerprint density at radius 3 is 2.56 bits per heavy atom. The number of fused-ring (bicyclic) bond motifs is 1. The van der Waals surface area contributed by atoms with Crippen LogP contribution in [0.1, 0.15) is 5.56 Å². The quantitative estimate of drug-likeness (QED) is 0.554. The average Bonchev–Trinajstić information content (AvgIpc) is 2.90. The number of hydrogen-bond donors (Lipinski definition) is 4. The molecular weight excluding hydrogens is 348 g/mol. The van der Waals surface area contributed by atoms with Crippen LogP contribution in [0.25, 0.3) is 21.9 Å². The highest BCUT2D eigenvalue weighted by Crippen LogP contribution is 2.34. The molecule has 0 spiro atoms. The Hall–Kier alpha value is -2.71. The lowest BCUT2D eigenvalue weighted by Crippen LogP contribution is -2.35. The van der Waals surface area contributed by atoms with Crippen LogP contribution in [0.3, 0.4) is 0 Å². The predicted molar refractivity (Wildman–Crippen MR) is 99.8 cm³/mol. The van der Waals surface area contributed by atoms with Gasteiger partial charge in [0.1, 0.15) is 23.8 Å². The van der Waals surface area contributed by atoms with Gasteiger partial charge in [0.05, 0.1) is 0 Å². The third-order valence-electron chi connectivity index (χ3n) is 4.76. The molecule has 0 radical (unpaired) electrons. The number of hydrogen-bond acceptors (Lipinski definition) is 7. The predicted octanol–water partition coefficient (Wildman–Crippen LogP) is 1.57. The Kier molecular flexibility index (Phi) is 4.45. The van der Waals surface area contributed by atoms with E-state index in [0.717, 1.165) is 27.5 Å². The number of nitrogens with zero attached hydrogens (tertiary/aromatic N) is 1. The van der Waals surface area contributed by atoms with Gasteiger partial charge in [0.2, 0.25) is 6.29 Å². The summed E-state index contributed by atoms with van der Waals surface area (Å²) in [5.74, 6) is 0.973. The fourth-order valence-electron chi connectivity index (χ4n) is 3.28. The first kappa shape index (κ1) is 17.7. The number of pyridine rings is 1. The van der Waals surface area contributed by atoms with E-state index in [1.54, 1.807) is 12.3 Å². The largest absolute Gasteiger partial charge is 0.462 e.